The van der Waals surface area contributed by atoms with Crippen LogP contribution in [0.15, 0.2) is 24.3 Å². The maximum absolute atomic E-state index is 13.2. The molecule has 3 rings (SSSR count). The fourth-order valence-electron chi connectivity index (χ4n) is 3.90. The number of ether oxygens (including phenoxy) is 2. The number of carbonyl (C=O) groups excluding carboxylic acids is 3. The number of aryl methyl sites for hydroxylation is 2. The van der Waals surface area contributed by atoms with Crippen LogP contribution >= 0.6 is 11.3 Å². The molecule has 0 aliphatic rings. The summed E-state index contributed by atoms with van der Waals surface area (Å²) in [7, 11) is 3.39. The standard InChI is InChI=1S/C25H30N4O5S/c1-8-34-25(32)20-13(2)21(23(31)26-17-9-11-18(33-7)12-10-17)35-24(20)27-22(30)14(3)19-15(4)28-29(6)16(19)5/h9-12,14H,8H2,1-7H3,(H,26,31)(H,27,30). The molecule has 0 aliphatic heterocycles. The summed E-state index contributed by atoms with van der Waals surface area (Å²) < 4.78 is 12.1. The first-order valence-electron chi connectivity index (χ1n) is 11.2. The first-order chi connectivity index (χ1) is 16.6. The minimum absolute atomic E-state index is 0.166. The van der Waals surface area contributed by atoms with E-state index < -0.39 is 17.8 Å². The number of hydrogen-bond acceptors (Lipinski definition) is 7. The third kappa shape index (κ3) is 5.37. The number of carbonyl (C=O) groups is 3. The minimum Gasteiger partial charge on any atom is -0.497 e. The van der Waals surface area contributed by atoms with E-state index in [0.29, 0.717) is 21.9 Å². The van der Waals surface area contributed by atoms with E-state index in [9.17, 15) is 14.4 Å². The highest BCUT2D eigenvalue weighted by molar-refractivity contribution is 7.19. The molecule has 1 aromatic carbocycles. The summed E-state index contributed by atoms with van der Waals surface area (Å²) in [6.45, 7) is 9.08. The van der Waals surface area contributed by atoms with Crippen molar-refractivity contribution in [3.63, 3.8) is 0 Å². The predicted octanol–water partition coefficient (Wildman–Crippen LogP) is 4.59. The molecule has 2 heterocycles. The van der Waals surface area contributed by atoms with Gasteiger partial charge in [0.05, 0.1) is 35.8 Å². The van der Waals surface area contributed by atoms with Gasteiger partial charge in [-0.3, -0.25) is 14.3 Å². The lowest BCUT2D eigenvalue weighted by molar-refractivity contribution is -0.117. The van der Waals surface area contributed by atoms with Gasteiger partial charge in [0.1, 0.15) is 10.8 Å². The van der Waals surface area contributed by atoms with Gasteiger partial charge in [0.2, 0.25) is 5.91 Å². The van der Waals surface area contributed by atoms with E-state index >= 15 is 0 Å². The van der Waals surface area contributed by atoms with Crippen LogP contribution in [0.4, 0.5) is 10.7 Å². The average molecular weight is 499 g/mol. The van der Waals surface area contributed by atoms with E-state index in [1.54, 1.807) is 56.8 Å². The normalized spacial score (nSPS) is 11.6. The van der Waals surface area contributed by atoms with E-state index in [1.807, 2.05) is 20.9 Å². The van der Waals surface area contributed by atoms with Crippen molar-refractivity contribution in [1.29, 1.82) is 0 Å². The van der Waals surface area contributed by atoms with Crippen molar-refractivity contribution >= 4 is 39.8 Å². The van der Waals surface area contributed by atoms with Crippen molar-refractivity contribution in [2.75, 3.05) is 24.4 Å². The Balaban J connectivity index is 1.92. The topological polar surface area (TPSA) is 112 Å². The molecule has 0 radical (unpaired) electrons. The number of nitrogens with one attached hydrogen (secondary N) is 2. The van der Waals surface area contributed by atoms with Crippen molar-refractivity contribution in [2.45, 2.75) is 40.5 Å². The zero-order valence-corrected chi connectivity index (χ0v) is 21.8. The van der Waals surface area contributed by atoms with Crippen LogP contribution in [0.1, 0.15) is 62.3 Å². The Bertz CT molecular complexity index is 1260. The van der Waals surface area contributed by atoms with E-state index in [1.165, 1.54) is 0 Å². The van der Waals surface area contributed by atoms with Gasteiger partial charge in [0.15, 0.2) is 0 Å². The van der Waals surface area contributed by atoms with E-state index in [4.69, 9.17) is 9.47 Å². The Morgan fingerprint density at radius 2 is 1.77 bits per heavy atom. The van der Waals surface area contributed by atoms with Gasteiger partial charge in [-0.1, -0.05) is 0 Å². The molecule has 3 aromatic rings. The summed E-state index contributed by atoms with van der Waals surface area (Å²) in [5, 5.41) is 10.3. The maximum Gasteiger partial charge on any atom is 0.341 e. The van der Waals surface area contributed by atoms with Crippen LogP contribution in [0.5, 0.6) is 5.75 Å². The van der Waals surface area contributed by atoms with Gasteiger partial charge >= 0.3 is 5.97 Å². The number of thiophene rings is 1. The highest BCUT2D eigenvalue weighted by atomic mass is 32.1. The molecule has 0 spiro atoms. The summed E-state index contributed by atoms with van der Waals surface area (Å²) in [5.41, 5.74) is 3.67. The number of rotatable bonds is 8. The van der Waals surface area contributed by atoms with Gasteiger partial charge in [0.25, 0.3) is 5.91 Å². The smallest absolute Gasteiger partial charge is 0.341 e. The molecule has 1 unspecified atom stereocenters. The summed E-state index contributed by atoms with van der Waals surface area (Å²) in [5.74, 6) is -1.15. The molecule has 186 valence electrons. The fourth-order valence-corrected chi connectivity index (χ4v) is 4.99. The van der Waals surface area contributed by atoms with Crippen molar-refractivity contribution in [3.05, 3.63) is 57.2 Å². The monoisotopic (exact) mass is 498 g/mol. The van der Waals surface area contributed by atoms with Crippen molar-refractivity contribution in [2.24, 2.45) is 7.05 Å². The number of amides is 2. The van der Waals surface area contributed by atoms with Crippen LogP contribution in [0, 0.1) is 20.8 Å². The first kappa shape index (κ1) is 26.0. The Hall–Kier alpha value is -3.66. The third-order valence-corrected chi connectivity index (χ3v) is 7.01. The molecule has 2 N–H and O–H groups in total. The second-order valence-electron chi connectivity index (χ2n) is 8.08. The molecule has 0 fully saturated rings. The van der Waals surface area contributed by atoms with Gasteiger partial charge in [0, 0.05) is 24.0 Å². The van der Waals surface area contributed by atoms with Crippen molar-refractivity contribution in [3.8, 4) is 5.75 Å². The lowest BCUT2D eigenvalue weighted by atomic mass is 9.98. The summed E-state index contributed by atoms with van der Waals surface area (Å²) in [6, 6.07) is 6.90. The Labute approximate surface area is 208 Å². The van der Waals surface area contributed by atoms with Crippen LogP contribution in [0.3, 0.4) is 0 Å². The van der Waals surface area contributed by atoms with E-state index in [2.05, 4.69) is 15.7 Å². The minimum atomic E-state index is -0.596. The Morgan fingerprint density at radius 3 is 2.31 bits per heavy atom. The van der Waals surface area contributed by atoms with Gasteiger partial charge in [-0.25, -0.2) is 4.79 Å². The van der Waals surface area contributed by atoms with E-state index in [0.717, 1.165) is 28.3 Å². The van der Waals surface area contributed by atoms with Crippen LogP contribution < -0.4 is 15.4 Å². The number of anilines is 2. The number of benzene rings is 1. The number of hydrogen-bond donors (Lipinski definition) is 2. The SMILES string of the molecule is CCOC(=O)c1c(NC(=O)C(C)c2c(C)nn(C)c2C)sc(C(=O)Nc2ccc(OC)cc2)c1C. The molecule has 10 heteroatoms. The lowest BCUT2D eigenvalue weighted by Crippen LogP contribution is -2.21. The third-order valence-electron chi connectivity index (χ3n) is 5.81. The highest BCUT2D eigenvalue weighted by Crippen LogP contribution is 2.35. The quantitative estimate of drug-likeness (QED) is 0.440. The number of esters is 1. The summed E-state index contributed by atoms with van der Waals surface area (Å²) in [6.07, 6.45) is 0. The number of nitrogens with zero attached hydrogens (tertiary/aromatic N) is 2. The second kappa shape index (κ2) is 10.7. The highest BCUT2D eigenvalue weighted by Gasteiger charge is 2.29. The zero-order valence-electron chi connectivity index (χ0n) is 20.9. The maximum atomic E-state index is 13.2. The second-order valence-corrected chi connectivity index (χ2v) is 9.10. The molecule has 0 aliphatic carbocycles. The first-order valence-corrected chi connectivity index (χ1v) is 12.0. The van der Waals surface area contributed by atoms with Crippen LogP contribution in [0.2, 0.25) is 0 Å². The summed E-state index contributed by atoms with van der Waals surface area (Å²) in [4.78, 5) is 39.3. The molecular formula is C25H30N4O5S. The average Bonchev–Trinajstić information content (AvgIpc) is 3.28. The van der Waals surface area contributed by atoms with Crippen molar-refractivity contribution < 1.29 is 23.9 Å². The fraction of sp³-hybridized carbons (Fsp3) is 0.360. The van der Waals surface area contributed by atoms with Crippen LogP contribution in [-0.2, 0) is 16.6 Å². The molecule has 2 aromatic heterocycles. The molecule has 9 nitrogen and oxygen atoms in total. The van der Waals surface area contributed by atoms with Gasteiger partial charge in [-0.15, -0.1) is 11.3 Å². The van der Waals surface area contributed by atoms with Gasteiger partial charge in [-0.05, 0) is 64.4 Å². The van der Waals surface area contributed by atoms with Crippen LogP contribution in [0.25, 0.3) is 0 Å². The van der Waals surface area contributed by atoms with Crippen molar-refractivity contribution in [1.82, 2.24) is 9.78 Å². The van der Waals surface area contributed by atoms with Gasteiger partial charge < -0.3 is 20.1 Å². The molecular weight excluding hydrogens is 468 g/mol. The Kier molecular flexibility index (Phi) is 7.96. The molecule has 0 saturated carbocycles. The Morgan fingerprint density at radius 1 is 1.11 bits per heavy atom. The molecule has 35 heavy (non-hydrogen) atoms. The molecule has 0 saturated heterocycles. The van der Waals surface area contributed by atoms with Gasteiger partial charge in [-0.2, -0.15) is 5.10 Å². The number of methoxy groups -OCH3 is 1. The number of aromatic nitrogens is 2. The lowest BCUT2D eigenvalue weighted by Gasteiger charge is -2.13. The summed E-state index contributed by atoms with van der Waals surface area (Å²) >= 11 is 1.04. The molecule has 1 atom stereocenters. The van der Waals surface area contributed by atoms with E-state index in [-0.39, 0.29) is 23.1 Å². The largest absolute Gasteiger partial charge is 0.497 e. The zero-order chi connectivity index (χ0) is 25.9. The molecule has 2 amide bonds. The van der Waals surface area contributed by atoms with Crippen LogP contribution in [-0.4, -0.2) is 41.3 Å². The molecule has 0 bridgehead atoms. The predicted molar refractivity (Wildman–Crippen MR) is 136 cm³/mol.